The normalized spacial score (nSPS) is 10.6. The molecule has 5 nitrogen and oxygen atoms in total. The van der Waals surface area contributed by atoms with Gasteiger partial charge in [0.1, 0.15) is 11.5 Å². The van der Waals surface area contributed by atoms with E-state index < -0.39 is 0 Å². The lowest BCUT2D eigenvalue weighted by Crippen LogP contribution is -2.25. The molecule has 1 N–H and O–H groups in total. The van der Waals surface area contributed by atoms with Gasteiger partial charge in [-0.25, -0.2) is 0 Å². The number of carbonyl (C=O) groups is 1. The fourth-order valence-corrected chi connectivity index (χ4v) is 1.94. The molecule has 5 heteroatoms. The van der Waals surface area contributed by atoms with Gasteiger partial charge in [0, 0.05) is 31.1 Å². The second kappa shape index (κ2) is 8.90. The van der Waals surface area contributed by atoms with E-state index in [1.54, 1.807) is 42.7 Å². The molecule has 0 saturated heterocycles. The van der Waals surface area contributed by atoms with Crippen molar-refractivity contribution in [1.29, 1.82) is 0 Å². The second-order valence-electron chi connectivity index (χ2n) is 5.34. The Morgan fingerprint density at radius 1 is 1.17 bits per heavy atom. The van der Waals surface area contributed by atoms with Crippen LogP contribution in [-0.2, 0) is 4.74 Å². The van der Waals surface area contributed by atoms with Gasteiger partial charge in [-0.05, 0) is 50.6 Å². The molecule has 1 heterocycles. The van der Waals surface area contributed by atoms with Crippen molar-refractivity contribution in [1.82, 2.24) is 10.3 Å². The number of nitrogens with one attached hydrogen (secondary N) is 1. The number of rotatable bonds is 8. The number of aromatic nitrogens is 1. The Hall–Kier alpha value is -2.40. The molecule has 1 aromatic carbocycles. The topological polar surface area (TPSA) is 60.5 Å². The number of ether oxygens (including phenoxy) is 2. The van der Waals surface area contributed by atoms with Crippen molar-refractivity contribution < 1.29 is 14.3 Å². The van der Waals surface area contributed by atoms with E-state index in [0.717, 1.165) is 6.42 Å². The summed E-state index contributed by atoms with van der Waals surface area (Å²) in [4.78, 5) is 16.1. The van der Waals surface area contributed by atoms with Gasteiger partial charge in [0.05, 0.1) is 6.10 Å². The number of benzene rings is 1. The molecule has 0 fully saturated rings. The smallest absolute Gasteiger partial charge is 0.251 e. The van der Waals surface area contributed by atoms with Crippen LogP contribution in [-0.4, -0.2) is 30.1 Å². The Kier molecular flexibility index (Phi) is 6.56. The Balaban J connectivity index is 1.85. The van der Waals surface area contributed by atoms with Crippen LogP contribution in [0.1, 0.15) is 30.6 Å². The minimum absolute atomic E-state index is 0.116. The minimum atomic E-state index is -0.116. The molecular formula is C18H22N2O3. The maximum absolute atomic E-state index is 12.1. The highest BCUT2D eigenvalue weighted by Gasteiger charge is 2.07. The Morgan fingerprint density at radius 2 is 1.96 bits per heavy atom. The summed E-state index contributed by atoms with van der Waals surface area (Å²) in [5.41, 5.74) is 0.571. The average Bonchev–Trinajstić information content (AvgIpc) is 2.55. The molecule has 2 aromatic rings. The van der Waals surface area contributed by atoms with Gasteiger partial charge in [-0.1, -0.05) is 6.07 Å². The monoisotopic (exact) mass is 314 g/mol. The first kappa shape index (κ1) is 17.0. The summed E-state index contributed by atoms with van der Waals surface area (Å²) >= 11 is 0. The molecule has 2 rings (SSSR count). The number of carbonyl (C=O) groups excluding carboxylic acids is 1. The third-order valence-corrected chi connectivity index (χ3v) is 3.04. The van der Waals surface area contributed by atoms with Crippen molar-refractivity contribution in [3.63, 3.8) is 0 Å². The highest BCUT2D eigenvalue weighted by atomic mass is 16.5. The zero-order valence-corrected chi connectivity index (χ0v) is 13.5. The SMILES string of the molecule is CC(C)OCCCNC(=O)c1cccc(Oc2ccncc2)c1. The van der Waals surface area contributed by atoms with Crippen LogP contribution in [0.2, 0.25) is 0 Å². The van der Waals surface area contributed by atoms with Gasteiger partial charge in [0.2, 0.25) is 0 Å². The summed E-state index contributed by atoms with van der Waals surface area (Å²) in [6, 6.07) is 10.6. The van der Waals surface area contributed by atoms with Gasteiger partial charge < -0.3 is 14.8 Å². The van der Waals surface area contributed by atoms with Crippen LogP contribution >= 0.6 is 0 Å². The van der Waals surface area contributed by atoms with Crippen molar-refractivity contribution in [2.24, 2.45) is 0 Å². The van der Waals surface area contributed by atoms with Crippen LogP contribution in [0.5, 0.6) is 11.5 Å². The number of hydrogen-bond acceptors (Lipinski definition) is 4. The molecule has 0 radical (unpaired) electrons. The maximum atomic E-state index is 12.1. The first-order valence-electron chi connectivity index (χ1n) is 7.73. The molecule has 0 aliphatic rings. The summed E-state index contributed by atoms with van der Waals surface area (Å²) in [6.45, 7) is 5.21. The Morgan fingerprint density at radius 3 is 2.70 bits per heavy atom. The predicted octanol–water partition coefficient (Wildman–Crippen LogP) is 3.42. The first-order valence-corrected chi connectivity index (χ1v) is 7.73. The zero-order valence-electron chi connectivity index (χ0n) is 13.5. The van der Waals surface area contributed by atoms with E-state index in [1.807, 2.05) is 19.9 Å². The van der Waals surface area contributed by atoms with Crippen molar-refractivity contribution in [3.05, 3.63) is 54.4 Å². The summed E-state index contributed by atoms with van der Waals surface area (Å²) < 4.78 is 11.1. The Bertz CT molecular complexity index is 615. The van der Waals surface area contributed by atoms with Crippen LogP contribution in [0.3, 0.4) is 0 Å². The van der Waals surface area contributed by atoms with Gasteiger partial charge in [-0.2, -0.15) is 0 Å². The Labute approximate surface area is 136 Å². The number of pyridine rings is 1. The molecule has 1 aromatic heterocycles. The minimum Gasteiger partial charge on any atom is -0.457 e. The fraction of sp³-hybridized carbons (Fsp3) is 0.333. The van der Waals surface area contributed by atoms with E-state index >= 15 is 0 Å². The lowest BCUT2D eigenvalue weighted by atomic mass is 10.2. The highest BCUT2D eigenvalue weighted by Crippen LogP contribution is 2.21. The van der Waals surface area contributed by atoms with Crippen LogP contribution < -0.4 is 10.1 Å². The van der Waals surface area contributed by atoms with Crippen molar-refractivity contribution >= 4 is 5.91 Å². The molecule has 0 spiro atoms. The predicted molar refractivity (Wildman–Crippen MR) is 88.8 cm³/mol. The zero-order chi connectivity index (χ0) is 16.5. The van der Waals surface area contributed by atoms with Gasteiger partial charge in [-0.15, -0.1) is 0 Å². The molecule has 23 heavy (non-hydrogen) atoms. The molecule has 0 saturated carbocycles. The summed E-state index contributed by atoms with van der Waals surface area (Å²) in [5.74, 6) is 1.19. The van der Waals surface area contributed by atoms with Gasteiger partial charge in [0.15, 0.2) is 0 Å². The van der Waals surface area contributed by atoms with Crippen LogP contribution in [0.4, 0.5) is 0 Å². The second-order valence-corrected chi connectivity index (χ2v) is 5.34. The van der Waals surface area contributed by atoms with Crippen LogP contribution in [0, 0.1) is 0 Å². The molecular weight excluding hydrogens is 292 g/mol. The van der Waals surface area contributed by atoms with Crippen LogP contribution in [0.15, 0.2) is 48.8 Å². The first-order chi connectivity index (χ1) is 11.1. The van der Waals surface area contributed by atoms with E-state index in [0.29, 0.717) is 30.2 Å². The molecule has 1 amide bonds. The fourth-order valence-electron chi connectivity index (χ4n) is 1.94. The van der Waals surface area contributed by atoms with Gasteiger partial charge in [-0.3, -0.25) is 9.78 Å². The molecule has 0 unspecified atom stereocenters. The number of hydrogen-bond donors (Lipinski definition) is 1. The van der Waals surface area contributed by atoms with E-state index in [9.17, 15) is 4.79 Å². The lowest BCUT2D eigenvalue weighted by molar-refractivity contribution is 0.0757. The summed E-state index contributed by atoms with van der Waals surface area (Å²) in [7, 11) is 0. The number of nitrogens with zero attached hydrogens (tertiary/aromatic N) is 1. The largest absolute Gasteiger partial charge is 0.457 e. The number of amides is 1. The quantitative estimate of drug-likeness (QED) is 0.758. The van der Waals surface area contributed by atoms with E-state index in [4.69, 9.17) is 9.47 Å². The van der Waals surface area contributed by atoms with Gasteiger partial charge >= 0.3 is 0 Å². The van der Waals surface area contributed by atoms with E-state index in [1.165, 1.54) is 0 Å². The lowest BCUT2D eigenvalue weighted by Gasteiger charge is -2.09. The van der Waals surface area contributed by atoms with Gasteiger partial charge in [0.25, 0.3) is 5.91 Å². The summed E-state index contributed by atoms with van der Waals surface area (Å²) in [5, 5.41) is 2.88. The third-order valence-electron chi connectivity index (χ3n) is 3.04. The van der Waals surface area contributed by atoms with Crippen LogP contribution in [0.25, 0.3) is 0 Å². The summed E-state index contributed by atoms with van der Waals surface area (Å²) in [6.07, 6.45) is 4.32. The molecule has 0 atom stereocenters. The van der Waals surface area contributed by atoms with Crippen molar-refractivity contribution in [3.8, 4) is 11.5 Å². The van der Waals surface area contributed by atoms with E-state index in [2.05, 4.69) is 10.3 Å². The van der Waals surface area contributed by atoms with Crippen molar-refractivity contribution in [2.45, 2.75) is 26.4 Å². The third kappa shape index (κ3) is 6.08. The van der Waals surface area contributed by atoms with Crippen molar-refractivity contribution in [2.75, 3.05) is 13.2 Å². The molecule has 122 valence electrons. The van der Waals surface area contributed by atoms with E-state index in [-0.39, 0.29) is 12.0 Å². The highest BCUT2D eigenvalue weighted by molar-refractivity contribution is 5.94. The maximum Gasteiger partial charge on any atom is 0.251 e. The standard InChI is InChI=1S/C18H22N2O3/c1-14(2)22-12-4-9-20-18(21)15-5-3-6-17(13-15)23-16-7-10-19-11-8-16/h3,5-8,10-11,13-14H,4,9,12H2,1-2H3,(H,20,21). The molecule has 0 aliphatic carbocycles. The molecule has 0 bridgehead atoms. The molecule has 0 aliphatic heterocycles. The average molecular weight is 314 g/mol.